The quantitative estimate of drug-likeness (QED) is 0.569. The lowest BCUT2D eigenvalue weighted by Gasteiger charge is -2.18. The molecule has 1 N–H and O–H groups in total. The minimum atomic E-state index is -3.84. The molecule has 0 radical (unpaired) electrons. The van der Waals surface area contributed by atoms with Crippen molar-refractivity contribution in [2.75, 3.05) is 18.6 Å². The topological polar surface area (TPSA) is 92.8 Å². The second kappa shape index (κ2) is 8.22. The zero-order valence-corrected chi connectivity index (χ0v) is 16.2. The van der Waals surface area contributed by atoms with Crippen LogP contribution in [-0.2, 0) is 19.6 Å². The number of allylic oxidation sites excluding steroid dienone is 1. The summed E-state index contributed by atoms with van der Waals surface area (Å²) in [5, 5.41) is 0. The Morgan fingerprint density at radius 2 is 1.85 bits per heavy atom. The van der Waals surface area contributed by atoms with Gasteiger partial charge in [-0.2, -0.15) is 0 Å². The molecular formula is C19H24N2O5S. The summed E-state index contributed by atoms with van der Waals surface area (Å²) in [5.74, 6) is -0.487. The molecule has 7 nitrogen and oxygen atoms in total. The molecule has 1 aliphatic carbocycles. The number of benzene rings is 1. The van der Waals surface area contributed by atoms with E-state index >= 15 is 0 Å². The minimum Gasteiger partial charge on any atom is -0.495 e. The molecule has 1 fully saturated rings. The molecular weight excluding hydrogens is 368 g/mol. The lowest BCUT2D eigenvalue weighted by atomic mass is 9.97. The lowest BCUT2D eigenvalue weighted by Crippen LogP contribution is -2.29. The maximum absolute atomic E-state index is 12.8. The van der Waals surface area contributed by atoms with E-state index in [2.05, 4.69) is 10.8 Å². The van der Waals surface area contributed by atoms with Gasteiger partial charge < -0.3 is 4.74 Å². The first-order valence-corrected chi connectivity index (χ1v) is 10.6. The second-order valence-electron chi connectivity index (χ2n) is 6.71. The van der Waals surface area contributed by atoms with Gasteiger partial charge in [0, 0.05) is 19.4 Å². The highest BCUT2D eigenvalue weighted by Gasteiger charge is 2.32. The Hall–Kier alpha value is -2.19. The number of ether oxygens (including phenoxy) is 1. The number of imide groups is 1. The number of anilines is 1. The van der Waals surface area contributed by atoms with Gasteiger partial charge in [0.15, 0.2) is 0 Å². The number of hydrogen-bond donors (Lipinski definition) is 1. The summed E-state index contributed by atoms with van der Waals surface area (Å²) < 4.78 is 33.4. The Labute approximate surface area is 159 Å². The first-order valence-electron chi connectivity index (χ1n) is 9.14. The molecule has 0 aromatic heterocycles. The number of carbonyl (C=O) groups excluding carboxylic acids is 2. The van der Waals surface area contributed by atoms with Crippen molar-refractivity contribution in [2.45, 2.75) is 49.8 Å². The molecule has 2 aliphatic rings. The van der Waals surface area contributed by atoms with Gasteiger partial charge in [0.25, 0.3) is 0 Å². The van der Waals surface area contributed by atoms with Crippen molar-refractivity contribution in [1.82, 2.24) is 4.72 Å². The summed E-state index contributed by atoms with van der Waals surface area (Å²) in [5.41, 5.74) is 1.52. The predicted octanol–water partition coefficient (Wildman–Crippen LogP) is 2.52. The van der Waals surface area contributed by atoms with Crippen molar-refractivity contribution >= 4 is 27.5 Å². The van der Waals surface area contributed by atoms with Crippen LogP contribution in [0, 0.1) is 0 Å². The molecule has 146 valence electrons. The summed E-state index contributed by atoms with van der Waals surface area (Å²) in [6.45, 7) is 0.295. The van der Waals surface area contributed by atoms with Crippen LogP contribution in [0.2, 0.25) is 0 Å². The van der Waals surface area contributed by atoms with Crippen molar-refractivity contribution in [3.8, 4) is 5.75 Å². The molecule has 0 saturated carbocycles. The predicted molar refractivity (Wildman–Crippen MR) is 101 cm³/mol. The van der Waals surface area contributed by atoms with E-state index in [4.69, 9.17) is 4.74 Å². The second-order valence-corrected chi connectivity index (χ2v) is 8.45. The van der Waals surface area contributed by atoms with Crippen LogP contribution in [0.4, 0.5) is 5.69 Å². The van der Waals surface area contributed by atoms with Gasteiger partial charge in [-0.15, -0.1) is 0 Å². The first kappa shape index (κ1) is 19.6. The van der Waals surface area contributed by atoms with Crippen LogP contribution >= 0.6 is 0 Å². The summed E-state index contributed by atoms with van der Waals surface area (Å²) >= 11 is 0. The summed E-state index contributed by atoms with van der Waals surface area (Å²) in [6.07, 6.45) is 7.53. The Morgan fingerprint density at radius 1 is 1.11 bits per heavy atom. The third-order valence-electron chi connectivity index (χ3n) is 4.87. The van der Waals surface area contributed by atoms with Gasteiger partial charge in [0.2, 0.25) is 21.8 Å². The zero-order chi connectivity index (χ0) is 19.4. The summed E-state index contributed by atoms with van der Waals surface area (Å²) in [7, 11) is -2.46. The summed E-state index contributed by atoms with van der Waals surface area (Å²) in [6, 6.07) is 4.31. The van der Waals surface area contributed by atoms with Crippen molar-refractivity contribution in [2.24, 2.45) is 0 Å². The molecule has 2 amide bonds. The zero-order valence-electron chi connectivity index (χ0n) is 15.4. The van der Waals surface area contributed by atoms with E-state index in [-0.39, 0.29) is 41.0 Å². The number of nitrogens with zero attached hydrogens (tertiary/aromatic N) is 1. The Bertz CT molecular complexity index is 860. The average Bonchev–Trinajstić information content (AvgIpc) is 3.00. The third kappa shape index (κ3) is 4.39. The largest absolute Gasteiger partial charge is 0.495 e. The van der Waals surface area contributed by atoms with Crippen LogP contribution in [-0.4, -0.2) is 33.9 Å². The molecule has 1 aliphatic heterocycles. The third-order valence-corrected chi connectivity index (χ3v) is 6.35. The van der Waals surface area contributed by atoms with E-state index < -0.39 is 10.0 Å². The van der Waals surface area contributed by atoms with Crippen LogP contribution in [0.1, 0.15) is 44.9 Å². The van der Waals surface area contributed by atoms with E-state index in [0.717, 1.165) is 24.2 Å². The molecule has 1 heterocycles. The van der Waals surface area contributed by atoms with Crippen molar-refractivity contribution < 1.29 is 22.7 Å². The Morgan fingerprint density at radius 3 is 2.48 bits per heavy atom. The van der Waals surface area contributed by atoms with Crippen molar-refractivity contribution in [3.05, 3.63) is 29.8 Å². The molecule has 8 heteroatoms. The number of carbonyl (C=O) groups is 2. The molecule has 1 aromatic carbocycles. The number of sulfonamides is 1. The monoisotopic (exact) mass is 392 g/mol. The molecule has 27 heavy (non-hydrogen) atoms. The van der Waals surface area contributed by atoms with E-state index in [0.29, 0.717) is 13.0 Å². The van der Waals surface area contributed by atoms with Gasteiger partial charge in [-0.25, -0.2) is 13.1 Å². The average molecular weight is 392 g/mol. The van der Waals surface area contributed by atoms with Gasteiger partial charge in [0.1, 0.15) is 10.6 Å². The molecule has 1 saturated heterocycles. The molecule has 0 unspecified atom stereocenters. The van der Waals surface area contributed by atoms with Crippen LogP contribution in [0.5, 0.6) is 5.75 Å². The van der Waals surface area contributed by atoms with Crippen LogP contribution < -0.4 is 14.4 Å². The standard InChI is InChI=1S/C19H24N2O5S/c1-26-16-8-7-15(21-18(22)9-10-19(21)23)13-17(16)27(24,25)20-12-11-14-5-3-2-4-6-14/h5,7-8,13,20H,2-4,6,9-12H2,1H3. The fourth-order valence-corrected chi connectivity index (χ4v) is 4.65. The SMILES string of the molecule is COc1ccc(N2C(=O)CCC2=O)cc1S(=O)(=O)NCCC1=CCCCC1. The first-order chi connectivity index (χ1) is 12.9. The minimum absolute atomic E-state index is 0.0763. The van der Waals surface area contributed by atoms with E-state index in [9.17, 15) is 18.0 Å². The van der Waals surface area contributed by atoms with Crippen molar-refractivity contribution in [3.63, 3.8) is 0 Å². The van der Waals surface area contributed by atoms with Crippen LogP contribution in [0.3, 0.4) is 0 Å². The van der Waals surface area contributed by atoms with E-state index in [1.807, 2.05) is 0 Å². The summed E-state index contributed by atoms with van der Waals surface area (Å²) in [4.78, 5) is 24.9. The van der Waals surface area contributed by atoms with Gasteiger partial charge in [-0.3, -0.25) is 14.5 Å². The van der Waals surface area contributed by atoms with Gasteiger partial charge in [0.05, 0.1) is 12.8 Å². The number of rotatable bonds is 7. The number of hydrogen-bond acceptors (Lipinski definition) is 5. The Kier molecular flexibility index (Phi) is 5.96. The Balaban J connectivity index is 1.80. The highest BCUT2D eigenvalue weighted by Crippen LogP contribution is 2.31. The maximum Gasteiger partial charge on any atom is 0.244 e. The molecule has 0 atom stereocenters. The van der Waals surface area contributed by atoms with E-state index in [1.54, 1.807) is 0 Å². The number of amides is 2. The number of nitrogens with one attached hydrogen (secondary N) is 1. The highest BCUT2D eigenvalue weighted by molar-refractivity contribution is 7.89. The normalized spacial score (nSPS) is 18.0. The van der Waals surface area contributed by atoms with Gasteiger partial charge >= 0.3 is 0 Å². The lowest BCUT2D eigenvalue weighted by molar-refractivity contribution is -0.121. The molecule has 3 rings (SSSR count). The van der Waals surface area contributed by atoms with Crippen LogP contribution in [0.25, 0.3) is 0 Å². The number of methoxy groups -OCH3 is 1. The molecule has 1 aromatic rings. The maximum atomic E-state index is 12.8. The fraction of sp³-hybridized carbons (Fsp3) is 0.474. The molecule has 0 bridgehead atoms. The smallest absolute Gasteiger partial charge is 0.244 e. The van der Waals surface area contributed by atoms with Gasteiger partial charge in [-0.05, 0) is 50.3 Å². The fourth-order valence-electron chi connectivity index (χ4n) is 3.43. The highest BCUT2D eigenvalue weighted by atomic mass is 32.2. The molecule has 0 spiro atoms. The van der Waals surface area contributed by atoms with Crippen LogP contribution in [0.15, 0.2) is 34.7 Å². The van der Waals surface area contributed by atoms with Gasteiger partial charge in [-0.1, -0.05) is 11.6 Å². The van der Waals surface area contributed by atoms with E-state index in [1.165, 1.54) is 37.3 Å². The van der Waals surface area contributed by atoms with Crippen molar-refractivity contribution in [1.29, 1.82) is 0 Å².